The third kappa shape index (κ3) is 6.61. The number of likely N-dealkylation sites (N-methyl/N-ethyl adjacent to an activating group) is 1. The highest BCUT2D eigenvalue weighted by atomic mass is 16.5. The fourth-order valence-corrected chi connectivity index (χ4v) is 4.33. The number of aliphatic imine (C=N–C) groups is 1. The first-order valence-corrected chi connectivity index (χ1v) is 11.3. The Kier molecular flexibility index (Phi) is 8.62. The quantitative estimate of drug-likeness (QED) is 0.432. The van der Waals surface area contributed by atoms with Crippen LogP contribution in [0.2, 0.25) is 0 Å². The van der Waals surface area contributed by atoms with Crippen LogP contribution in [0.1, 0.15) is 37.7 Å². The largest absolute Gasteiger partial charge is 0.497 e. The van der Waals surface area contributed by atoms with Crippen LogP contribution in [0.15, 0.2) is 29.3 Å². The Morgan fingerprint density at radius 1 is 1.14 bits per heavy atom. The van der Waals surface area contributed by atoms with E-state index in [0.29, 0.717) is 5.92 Å². The Morgan fingerprint density at radius 2 is 1.97 bits per heavy atom. The molecule has 0 bridgehead atoms. The summed E-state index contributed by atoms with van der Waals surface area (Å²) in [7, 11) is 3.95. The molecule has 6 nitrogen and oxygen atoms in total. The molecule has 2 saturated heterocycles. The monoisotopic (exact) mass is 401 g/mol. The van der Waals surface area contributed by atoms with Crippen molar-refractivity contribution in [3.63, 3.8) is 0 Å². The summed E-state index contributed by atoms with van der Waals surface area (Å²) in [6, 6.07) is 8.54. The lowest BCUT2D eigenvalue weighted by Gasteiger charge is -2.22. The van der Waals surface area contributed by atoms with Crippen molar-refractivity contribution in [2.75, 3.05) is 73.1 Å². The molecular formula is C23H39N5O. The highest BCUT2D eigenvalue weighted by Crippen LogP contribution is 2.28. The Balaban J connectivity index is 1.48. The summed E-state index contributed by atoms with van der Waals surface area (Å²) >= 11 is 0. The molecule has 0 spiro atoms. The van der Waals surface area contributed by atoms with E-state index >= 15 is 0 Å². The van der Waals surface area contributed by atoms with Crippen molar-refractivity contribution in [1.29, 1.82) is 0 Å². The van der Waals surface area contributed by atoms with Crippen LogP contribution in [-0.4, -0.2) is 93.7 Å². The second-order valence-corrected chi connectivity index (χ2v) is 8.29. The zero-order valence-electron chi connectivity index (χ0n) is 18.6. The van der Waals surface area contributed by atoms with Crippen molar-refractivity contribution >= 4 is 5.96 Å². The fraction of sp³-hybridized carbons (Fsp3) is 0.696. The standard InChI is InChI=1S/C23H39N5O/c1-4-24-23(25-12-5-14-27-15-6-13-26(2)17-18-27)28-16-11-21(19-28)20-7-9-22(29-3)10-8-20/h7-10,21H,4-6,11-19H2,1-3H3,(H,24,25). The fourth-order valence-electron chi connectivity index (χ4n) is 4.33. The van der Waals surface area contributed by atoms with Gasteiger partial charge in [-0.2, -0.15) is 0 Å². The number of benzene rings is 1. The number of guanidine groups is 1. The zero-order valence-corrected chi connectivity index (χ0v) is 18.6. The molecule has 0 aliphatic carbocycles. The molecule has 29 heavy (non-hydrogen) atoms. The van der Waals surface area contributed by atoms with Crippen LogP contribution in [0.3, 0.4) is 0 Å². The number of nitrogens with zero attached hydrogens (tertiary/aromatic N) is 4. The number of hydrogen-bond donors (Lipinski definition) is 1. The molecule has 0 saturated carbocycles. The number of methoxy groups -OCH3 is 1. The molecule has 1 unspecified atom stereocenters. The van der Waals surface area contributed by atoms with Gasteiger partial charge in [-0.1, -0.05) is 12.1 Å². The highest BCUT2D eigenvalue weighted by molar-refractivity contribution is 5.80. The van der Waals surface area contributed by atoms with Crippen molar-refractivity contribution in [1.82, 2.24) is 20.0 Å². The normalized spacial score (nSPS) is 22.0. The van der Waals surface area contributed by atoms with Gasteiger partial charge in [0.1, 0.15) is 5.75 Å². The summed E-state index contributed by atoms with van der Waals surface area (Å²) in [4.78, 5) is 12.4. The molecule has 0 aromatic heterocycles. The number of rotatable bonds is 7. The number of ether oxygens (including phenoxy) is 1. The lowest BCUT2D eigenvalue weighted by Crippen LogP contribution is -2.40. The predicted molar refractivity (Wildman–Crippen MR) is 121 cm³/mol. The van der Waals surface area contributed by atoms with Crippen LogP contribution in [-0.2, 0) is 0 Å². The van der Waals surface area contributed by atoms with Gasteiger partial charge >= 0.3 is 0 Å². The second-order valence-electron chi connectivity index (χ2n) is 8.29. The number of hydrogen-bond acceptors (Lipinski definition) is 4. The summed E-state index contributed by atoms with van der Waals surface area (Å²) in [6.07, 6.45) is 3.59. The summed E-state index contributed by atoms with van der Waals surface area (Å²) < 4.78 is 5.29. The van der Waals surface area contributed by atoms with E-state index in [-0.39, 0.29) is 0 Å². The molecule has 1 N–H and O–H groups in total. The maximum atomic E-state index is 5.29. The van der Waals surface area contributed by atoms with E-state index in [4.69, 9.17) is 9.73 Å². The van der Waals surface area contributed by atoms with Crippen LogP contribution in [0.4, 0.5) is 0 Å². The van der Waals surface area contributed by atoms with Crippen molar-refractivity contribution in [3.05, 3.63) is 29.8 Å². The van der Waals surface area contributed by atoms with Gasteiger partial charge in [0.2, 0.25) is 0 Å². The smallest absolute Gasteiger partial charge is 0.193 e. The third-order valence-corrected chi connectivity index (χ3v) is 6.12. The molecule has 1 aromatic rings. The molecule has 2 fully saturated rings. The highest BCUT2D eigenvalue weighted by Gasteiger charge is 2.26. The van der Waals surface area contributed by atoms with E-state index in [1.807, 2.05) is 0 Å². The number of likely N-dealkylation sites (tertiary alicyclic amines) is 1. The molecule has 0 amide bonds. The Hall–Kier alpha value is -1.79. The summed E-state index contributed by atoms with van der Waals surface area (Å²) in [6.45, 7) is 12.1. The SMILES string of the molecule is CCNC(=NCCCN1CCCN(C)CC1)N1CCC(c2ccc(OC)cc2)C1. The predicted octanol–water partition coefficient (Wildman–Crippen LogP) is 2.48. The number of nitrogens with one attached hydrogen (secondary N) is 1. The zero-order chi connectivity index (χ0) is 20.5. The molecule has 162 valence electrons. The van der Waals surface area contributed by atoms with Crippen molar-refractivity contribution < 1.29 is 4.74 Å². The molecule has 2 aliphatic rings. The summed E-state index contributed by atoms with van der Waals surface area (Å²) in [5.41, 5.74) is 1.40. The minimum atomic E-state index is 0.568. The first-order valence-electron chi connectivity index (χ1n) is 11.3. The second kappa shape index (κ2) is 11.4. The Morgan fingerprint density at radius 3 is 2.72 bits per heavy atom. The maximum absolute atomic E-state index is 5.29. The van der Waals surface area contributed by atoms with Gasteiger partial charge < -0.3 is 24.8 Å². The van der Waals surface area contributed by atoms with E-state index < -0.39 is 0 Å². The molecule has 3 rings (SSSR count). The van der Waals surface area contributed by atoms with Gasteiger partial charge in [0.25, 0.3) is 0 Å². The van der Waals surface area contributed by atoms with Crippen LogP contribution in [0.5, 0.6) is 5.75 Å². The van der Waals surface area contributed by atoms with Crippen LogP contribution >= 0.6 is 0 Å². The van der Waals surface area contributed by atoms with Gasteiger partial charge in [-0.15, -0.1) is 0 Å². The van der Waals surface area contributed by atoms with Crippen LogP contribution in [0, 0.1) is 0 Å². The molecule has 0 radical (unpaired) electrons. The van der Waals surface area contributed by atoms with Gasteiger partial charge in [0.15, 0.2) is 5.96 Å². The topological polar surface area (TPSA) is 43.3 Å². The van der Waals surface area contributed by atoms with Gasteiger partial charge in [-0.05, 0) is 70.6 Å². The molecule has 6 heteroatoms. The lowest BCUT2D eigenvalue weighted by molar-refractivity contribution is 0.275. The first-order chi connectivity index (χ1) is 14.2. The van der Waals surface area contributed by atoms with Crippen LogP contribution < -0.4 is 10.1 Å². The molecular weight excluding hydrogens is 362 g/mol. The van der Waals surface area contributed by atoms with Gasteiger partial charge in [0, 0.05) is 45.2 Å². The average Bonchev–Trinajstić information content (AvgIpc) is 3.14. The minimum absolute atomic E-state index is 0.568. The lowest BCUT2D eigenvalue weighted by atomic mass is 9.98. The summed E-state index contributed by atoms with van der Waals surface area (Å²) in [5.74, 6) is 2.58. The molecule has 1 atom stereocenters. The van der Waals surface area contributed by atoms with Gasteiger partial charge in [-0.3, -0.25) is 4.99 Å². The van der Waals surface area contributed by atoms with Crippen molar-refractivity contribution in [3.8, 4) is 5.75 Å². The average molecular weight is 402 g/mol. The molecule has 2 heterocycles. The third-order valence-electron chi connectivity index (χ3n) is 6.12. The van der Waals surface area contributed by atoms with E-state index in [9.17, 15) is 0 Å². The Bertz CT molecular complexity index is 633. The molecule has 1 aromatic carbocycles. The van der Waals surface area contributed by atoms with E-state index in [1.165, 1.54) is 44.6 Å². The summed E-state index contributed by atoms with van der Waals surface area (Å²) in [5, 5.41) is 3.50. The minimum Gasteiger partial charge on any atom is -0.497 e. The van der Waals surface area contributed by atoms with E-state index in [1.54, 1.807) is 7.11 Å². The Labute approximate surface area is 176 Å². The molecule has 2 aliphatic heterocycles. The maximum Gasteiger partial charge on any atom is 0.193 e. The van der Waals surface area contributed by atoms with Gasteiger partial charge in [0.05, 0.1) is 7.11 Å². The van der Waals surface area contributed by atoms with Crippen LogP contribution in [0.25, 0.3) is 0 Å². The first kappa shape index (κ1) is 21.9. The van der Waals surface area contributed by atoms with Crippen molar-refractivity contribution in [2.45, 2.75) is 32.1 Å². The van der Waals surface area contributed by atoms with E-state index in [0.717, 1.165) is 50.9 Å². The van der Waals surface area contributed by atoms with Gasteiger partial charge in [-0.25, -0.2) is 0 Å². The van der Waals surface area contributed by atoms with Crippen molar-refractivity contribution in [2.24, 2.45) is 4.99 Å². The van der Waals surface area contributed by atoms with E-state index in [2.05, 4.69) is 58.3 Å².